The molecule has 0 aliphatic carbocycles. The molecule has 1 heterocycles. The van der Waals surface area contributed by atoms with Crippen LogP contribution < -0.4 is 15.4 Å². The van der Waals surface area contributed by atoms with Crippen LogP contribution in [0.1, 0.15) is 10.7 Å². The Bertz CT molecular complexity index is 994. The fourth-order valence-corrected chi connectivity index (χ4v) is 2.38. The number of amides is 2. The molecule has 2 N–H and O–H groups in total. The molecule has 29 heavy (non-hydrogen) atoms. The molecule has 0 spiro atoms. The Morgan fingerprint density at radius 3 is 2.55 bits per heavy atom. The van der Waals surface area contributed by atoms with Crippen LogP contribution in [0.25, 0.3) is 11.4 Å². The number of benzene rings is 2. The average molecular weight is 419 g/mol. The average Bonchev–Trinajstić information content (AvgIpc) is 3.21. The minimum atomic E-state index is -0.633. The van der Waals surface area contributed by atoms with E-state index in [0.717, 1.165) is 0 Å². The van der Waals surface area contributed by atoms with E-state index in [9.17, 15) is 14.0 Å². The van der Waals surface area contributed by atoms with E-state index < -0.39 is 11.7 Å². The van der Waals surface area contributed by atoms with Gasteiger partial charge in [0.2, 0.25) is 5.82 Å². The maximum Gasteiger partial charge on any atom is 0.316 e. The van der Waals surface area contributed by atoms with E-state index in [4.69, 9.17) is 20.9 Å². The summed E-state index contributed by atoms with van der Waals surface area (Å²) in [5.41, 5.74) is 0.128. The Morgan fingerprint density at radius 1 is 1.07 bits per heavy atom. The number of nitrogens with zero attached hydrogens (tertiary/aromatic N) is 2. The van der Waals surface area contributed by atoms with Crippen molar-refractivity contribution >= 4 is 23.4 Å². The quantitative estimate of drug-likeness (QED) is 0.544. The summed E-state index contributed by atoms with van der Waals surface area (Å²) in [7, 11) is 0. The van der Waals surface area contributed by atoms with Crippen LogP contribution in [0.4, 0.5) is 4.39 Å². The Kier molecular flexibility index (Phi) is 6.75. The molecule has 0 saturated carbocycles. The molecule has 8 nitrogen and oxygen atoms in total. The standard InChI is InChI=1S/C19H16ClFN4O4/c20-12-5-7-13(8-6-12)28-11-16(26)22-9-10-23-18(27)19-24-17(25-29-19)14-3-1-2-4-15(14)21/h1-8H,9-11H2,(H,22,26)(H,23,27). The van der Waals surface area contributed by atoms with Crippen molar-refractivity contribution < 1.29 is 23.2 Å². The second kappa shape index (κ2) is 9.65. The monoisotopic (exact) mass is 418 g/mol. The molecular formula is C19H16ClFN4O4. The molecule has 3 aromatic rings. The van der Waals surface area contributed by atoms with Crippen LogP contribution in [-0.4, -0.2) is 41.7 Å². The topological polar surface area (TPSA) is 106 Å². The van der Waals surface area contributed by atoms with E-state index in [1.807, 2.05) is 0 Å². The fraction of sp³-hybridized carbons (Fsp3) is 0.158. The number of rotatable bonds is 8. The third kappa shape index (κ3) is 5.76. The van der Waals surface area contributed by atoms with Crippen LogP contribution in [0.15, 0.2) is 53.1 Å². The molecule has 150 valence electrons. The number of hydrogen-bond acceptors (Lipinski definition) is 6. The third-order valence-electron chi connectivity index (χ3n) is 3.65. The summed E-state index contributed by atoms with van der Waals surface area (Å²) in [5.74, 6) is -1.33. The third-order valence-corrected chi connectivity index (χ3v) is 3.90. The number of hydrogen-bond donors (Lipinski definition) is 2. The molecule has 0 aliphatic rings. The smallest absolute Gasteiger partial charge is 0.316 e. The highest BCUT2D eigenvalue weighted by molar-refractivity contribution is 6.30. The molecule has 0 radical (unpaired) electrons. The zero-order valence-electron chi connectivity index (χ0n) is 15.0. The Labute approximate surface area is 170 Å². The molecule has 3 rings (SSSR count). The summed E-state index contributed by atoms with van der Waals surface area (Å²) < 4.78 is 23.9. The van der Waals surface area contributed by atoms with E-state index in [1.165, 1.54) is 18.2 Å². The largest absolute Gasteiger partial charge is 0.484 e. The van der Waals surface area contributed by atoms with Gasteiger partial charge in [0, 0.05) is 18.1 Å². The van der Waals surface area contributed by atoms with Crippen LogP contribution in [0.2, 0.25) is 5.02 Å². The van der Waals surface area contributed by atoms with Crippen molar-refractivity contribution in [3.05, 3.63) is 65.3 Å². The lowest BCUT2D eigenvalue weighted by Gasteiger charge is -2.07. The lowest BCUT2D eigenvalue weighted by atomic mass is 10.2. The molecule has 0 aliphatic heterocycles. The van der Waals surface area contributed by atoms with Crippen molar-refractivity contribution in [2.45, 2.75) is 0 Å². The summed E-state index contributed by atoms with van der Waals surface area (Å²) in [4.78, 5) is 27.6. The van der Waals surface area contributed by atoms with E-state index in [1.54, 1.807) is 30.3 Å². The molecule has 2 aromatic carbocycles. The lowest BCUT2D eigenvalue weighted by Crippen LogP contribution is -2.36. The Hall–Kier alpha value is -3.46. The molecule has 1 aromatic heterocycles. The molecule has 2 amide bonds. The molecule has 0 fully saturated rings. The van der Waals surface area contributed by atoms with Gasteiger partial charge in [0.25, 0.3) is 5.91 Å². The first kappa shape index (κ1) is 20.3. The molecule has 0 saturated heterocycles. The fourth-order valence-electron chi connectivity index (χ4n) is 2.25. The number of halogens is 2. The Morgan fingerprint density at radius 2 is 1.79 bits per heavy atom. The predicted octanol–water partition coefficient (Wildman–Crippen LogP) is 2.45. The maximum atomic E-state index is 13.7. The van der Waals surface area contributed by atoms with Crippen molar-refractivity contribution in [2.75, 3.05) is 19.7 Å². The molecule has 0 atom stereocenters. The van der Waals surface area contributed by atoms with Gasteiger partial charge in [-0.2, -0.15) is 4.98 Å². The van der Waals surface area contributed by atoms with Crippen molar-refractivity contribution in [3.63, 3.8) is 0 Å². The molecular weight excluding hydrogens is 403 g/mol. The molecule has 10 heteroatoms. The van der Waals surface area contributed by atoms with Crippen LogP contribution >= 0.6 is 11.6 Å². The summed E-state index contributed by atoms with van der Waals surface area (Å²) in [6, 6.07) is 12.5. The highest BCUT2D eigenvalue weighted by atomic mass is 35.5. The lowest BCUT2D eigenvalue weighted by molar-refractivity contribution is -0.123. The van der Waals surface area contributed by atoms with Crippen LogP contribution in [-0.2, 0) is 4.79 Å². The summed E-state index contributed by atoms with van der Waals surface area (Å²) in [6.07, 6.45) is 0. The van der Waals surface area contributed by atoms with Crippen molar-refractivity contribution in [3.8, 4) is 17.1 Å². The van der Waals surface area contributed by atoms with E-state index >= 15 is 0 Å². The van der Waals surface area contributed by atoms with Crippen molar-refractivity contribution in [2.24, 2.45) is 0 Å². The number of aromatic nitrogens is 2. The van der Waals surface area contributed by atoms with Gasteiger partial charge < -0.3 is 19.9 Å². The summed E-state index contributed by atoms with van der Waals surface area (Å²) in [5, 5.41) is 9.27. The first-order chi connectivity index (χ1) is 14.0. The van der Waals surface area contributed by atoms with E-state index in [0.29, 0.717) is 10.8 Å². The van der Waals surface area contributed by atoms with Gasteiger partial charge in [-0.15, -0.1) is 0 Å². The first-order valence-electron chi connectivity index (χ1n) is 8.55. The SMILES string of the molecule is O=C(COc1ccc(Cl)cc1)NCCNC(=O)c1nc(-c2ccccc2F)no1. The highest BCUT2D eigenvalue weighted by Gasteiger charge is 2.17. The van der Waals surface area contributed by atoms with Crippen LogP contribution in [0, 0.1) is 5.82 Å². The molecule has 0 unspecified atom stereocenters. The van der Waals surface area contributed by atoms with Gasteiger partial charge >= 0.3 is 11.8 Å². The van der Waals surface area contributed by atoms with Gasteiger partial charge in [-0.3, -0.25) is 9.59 Å². The van der Waals surface area contributed by atoms with Gasteiger partial charge in [0.15, 0.2) is 6.61 Å². The van der Waals surface area contributed by atoms with Crippen molar-refractivity contribution in [1.82, 2.24) is 20.8 Å². The number of ether oxygens (including phenoxy) is 1. The summed E-state index contributed by atoms with van der Waals surface area (Å²) in [6.45, 7) is 0.122. The van der Waals surface area contributed by atoms with Gasteiger partial charge in [0.05, 0.1) is 5.56 Å². The van der Waals surface area contributed by atoms with Gasteiger partial charge in [0.1, 0.15) is 11.6 Å². The van der Waals surface area contributed by atoms with Crippen LogP contribution in [0.5, 0.6) is 5.75 Å². The number of nitrogens with one attached hydrogen (secondary N) is 2. The second-order valence-corrected chi connectivity index (χ2v) is 6.19. The second-order valence-electron chi connectivity index (χ2n) is 5.75. The number of carbonyl (C=O) groups is 2. The zero-order valence-corrected chi connectivity index (χ0v) is 15.8. The van der Waals surface area contributed by atoms with Crippen LogP contribution in [0.3, 0.4) is 0 Å². The van der Waals surface area contributed by atoms with Gasteiger partial charge in [-0.1, -0.05) is 28.9 Å². The normalized spacial score (nSPS) is 10.4. The Balaban J connectivity index is 1.39. The van der Waals surface area contributed by atoms with E-state index in [2.05, 4.69) is 20.8 Å². The minimum Gasteiger partial charge on any atom is -0.484 e. The predicted molar refractivity (Wildman–Crippen MR) is 102 cm³/mol. The zero-order chi connectivity index (χ0) is 20.6. The molecule has 0 bridgehead atoms. The minimum absolute atomic E-state index is 0.0269. The maximum absolute atomic E-state index is 13.7. The number of carbonyl (C=O) groups excluding carboxylic acids is 2. The van der Waals surface area contributed by atoms with E-state index in [-0.39, 0.29) is 42.9 Å². The van der Waals surface area contributed by atoms with Crippen molar-refractivity contribution in [1.29, 1.82) is 0 Å². The van der Waals surface area contributed by atoms with Gasteiger partial charge in [-0.05, 0) is 36.4 Å². The summed E-state index contributed by atoms with van der Waals surface area (Å²) >= 11 is 5.77. The highest BCUT2D eigenvalue weighted by Crippen LogP contribution is 2.19. The van der Waals surface area contributed by atoms with Gasteiger partial charge in [-0.25, -0.2) is 4.39 Å². The first-order valence-corrected chi connectivity index (χ1v) is 8.92.